The second-order valence-electron chi connectivity index (χ2n) is 4.55. The summed E-state index contributed by atoms with van der Waals surface area (Å²) in [6.07, 6.45) is 1.80. The molecular formula is C13H20N4OS2. The summed E-state index contributed by atoms with van der Waals surface area (Å²) < 4.78 is 5.31. The second-order valence-corrected chi connectivity index (χ2v) is 5.90. The lowest BCUT2D eigenvalue weighted by Crippen LogP contribution is -2.42. The third kappa shape index (κ3) is 5.16. The summed E-state index contributed by atoms with van der Waals surface area (Å²) >= 11 is 6.84. The number of thiophene rings is 1. The lowest BCUT2D eigenvalue weighted by molar-refractivity contribution is 0.0389. The van der Waals surface area contributed by atoms with Gasteiger partial charge in [-0.25, -0.2) is 0 Å². The number of nitrogens with zero attached hydrogens (tertiary/aromatic N) is 2. The van der Waals surface area contributed by atoms with E-state index in [2.05, 4.69) is 39.1 Å². The number of hydrazone groups is 1. The van der Waals surface area contributed by atoms with E-state index in [0.29, 0.717) is 5.11 Å². The van der Waals surface area contributed by atoms with Crippen molar-refractivity contribution in [1.82, 2.24) is 15.6 Å². The quantitative estimate of drug-likeness (QED) is 0.486. The van der Waals surface area contributed by atoms with Gasteiger partial charge in [0.25, 0.3) is 0 Å². The van der Waals surface area contributed by atoms with E-state index in [4.69, 9.17) is 17.0 Å². The molecule has 0 aromatic carbocycles. The summed E-state index contributed by atoms with van der Waals surface area (Å²) in [5.41, 5.74) is 4.07. The minimum atomic E-state index is 0.559. The smallest absolute Gasteiger partial charge is 0.187 e. The van der Waals surface area contributed by atoms with Crippen molar-refractivity contribution in [3.05, 3.63) is 21.9 Å². The molecule has 0 saturated carbocycles. The Morgan fingerprint density at radius 1 is 1.55 bits per heavy atom. The van der Waals surface area contributed by atoms with Crippen LogP contribution in [-0.4, -0.2) is 55.6 Å². The Hall–Kier alpha value is -1.02. The van der Waals surface area contributed by atoms with E-state index in [9.17, 15) is 0 Å². The van der Waals surface area contributed by atoms with Gasteiger partial charge >= 0.3 is 0 Å². The molecule has 0 aliphatic carbocycles. The van der Waals surface area contributed by atoms with Crippen molar-refractivity contribution in [2.75, 3.05) is 39.4 Å². The highest BCUT2D eigenvalue weighted by Crippen LogP contribution is 2.12. The van der Waals surface area contributed by atoms with Gasteiger partial charge in [-0.05, 0) is 36.2 Å². The van der Waals surface area contributed by atoms with E-state index in [1.807, 2.05) is 0 Å². The van der Waals surface area contributed by atoms with Crippen LogP contribution in [0.2, 0.25) is 0 Å². The third-order valence-electron chi connectivity index (χ3n) is 3.07. The normalized spacial score (nSPS) is 16.4. The maximum absolute atomic E-state index is 5.31. The molecule has 2 N–H and O–H groups in total. The molecule has 7 heteroatoms. The molecule has 0 radical (unpaired) electrons. The van der Waals surface area contributed by atoms with Crippen molar-refractivity contribution in [1.29, 1.82) is 0 Å². The topological polar surface area (TPSA) is 48.9 Å². The number of ether oxygens (including phenoxy) is 1. The van der Waals surface area contributed by atoms with Gasteiger partial charge in [0.1, 0.15) is 0 Å². The average molecular weight is 312 g/mol. The van der Waals surface area contributed by atoms with Crippen LogP contribution in [0.15, 0.2) is 16.5 Å². The maximum atomic E-state index is 5.31. The number of hydrogen-bond acceptors (Lipinski definition) is 5. The van der Waals surface area contributed by atoms with Crippen LogP contribution in [0.25, 0.3) is 0 Å². The number of rotatable bonds is 5. The first kappa shape index (κ1) is 15.4. The molecular weight excluding hydrogens is 292 g/mol. The molecule has 20 heavy (non-hydrogen) atoms. The highest BCUT2D eigenvalue weighted by molar-refractivity contribution is 7.80. The van der Waals surface area contributed by atoms with Gasteiger partial charge in [-0.3, -0.25) is 10.3 Å². The van der Waals surface area contributed by atoms with Crippen molar-refractivity contribution in [2.45, 2.75) is 6.92 Å². The first-order chi connectivity index (χ1) is 9.75. The fourth-order valence-electron chi connectivity index (χ4n) is 1.86. The minimum absolute atomic E-state index is 0.559. The average Bonchev–Trinajstić information content (AvgIpc) is 2.86. The SMILES string of the molecule is Cc1ccsc1C=NNC(=S)NCCN1CCOCC1. The molecule has 1 fully saturated rings. The molecule has 0 atom stereocenters. The van der Waals surface area contributed by atoms with Gasteiger partial charge < -0.3 is 10.1 Å². The summed E-state index contributed by atoms with van der Waals surface area (Å²) in [5.74, 6) is 0. The zero-order valence-electron chi connectivity index (χ0n) is 11.6. The highest BCUT2D eigenvalue weighted by atomic mass is 32.1. The standard InChI is InChI=1S/C13H20N4OS2/c1-11-2-9-20-12(11)10-15-16-13(19)14-3-4-17-5-7-18-8-6-17/h2,9-10H,3-8H2,1H3,(H2,14,16,19). The van der Waals surface area contributed by atoms with E-state index in [0.717, 1.165) is 44.3 Å². The zero-order chi connectivity index (χ0) is 14.2. The molecule has 1 aromatic rings. The first-order valence-electron chi connectivity index (χ1n) is 6.67. The molecule has 1 aliphatic heterocycles. The van der Waals surface area contributed by atoms with Crippen LogP contribution < -0.4 is 10.7 Å². The number of morpholine rings is 1. The Kier molecular flexibility index (Phi) is 6.38. The van der Waals surface area contributed by atoms with Gasteiger partial charge in [-0.1, -0.05) is 0 Å². The fourth-order valence-corrected chi connectivity index (χ4v) is 2.80. The highest BCUT2D eigenvalue weighted by Gasteiger charge is 2.09. The van der Waals surface area contributed by atoms with E-state index in [-0.39, 0.29) is 0 Å². The predicted molar refractivity (Wildman–Crippen MR) is 87.6 cm³/mol. The first-order valence-corrected chi connectivity index (χ1v) is 7.95. The van der Waals surface area contributed by atoms with Crippen LogP contribution in [0.5, 0.6) is 0 Å². The lowest BCUT2D eigenvalue weighted by atomic mass is 10.3. The molecule has 2 rings (SSSR count). The maximum Gasteiger partial charge on any atom is 0.187 e. The number of hydrogen-bond donors (Lipinski definition) is 2. The van der Waals surface area contributed by atoms with Crippen LogP contribution in [0.3, 0.4) is 0 Å². The third-order valence-corrected chi connectivity index (χ3v) is 4.26. The second kappa shape index (κ2) is 8.31. The summed E-state index contributed by atoms with van der Waals surface area (Å²) in [4.78, 5) is 3.51. The molecule has 5 nitrogen and oxygen atoms in total. The van der Waals surface area contributed by atoms with Crippen molar-refractivity contribution in [2.24, 2.45) is 5.10 Å². The van der Waals surface area contributed by atoms with Gasteiger partial charge in [0.2, 0.25) is 0 Å². The van der Waals surface area contributed by atoms with Gasteiger partial charge in [-0.2, -0.15) is 5.10 Å². The number of nitrogens with one attached hydrogen (secondary N) is 2. The largest absolute Gasteiger partial charge is 0.379 e. The monoisotopic (exact) mass is 312 g/mol. The van der Waals surface area contributed by atoms with Crippen LogP contribution in [-0.2, 0) is 4.74 Å². The van der Waals surface area contributed by atoms with Crippen molar-refractivity contribution in [3.63, 3.8) is 0 Å². The van der Waals surface area contributed by atoms with Gasteiger partial charge in [0.05, 0.1) is 19.4 Å². The van der Waals surface area contributed by atoms with Gasteiger partial charge in [0, 0.05) is 31.1 Å². The van der Waals surface area contributed by atoms with E-state index in [1.165, 1.54) is 5.56 Å². The Morgan fingerprint density at radius 2 is 2.35 bits per heavy atom. The number of aryl methyl sites for hydroxylation is 1. The minimum Gasteiger partial charge on any atom is -0.379 e. The Morgan fingerprint density at radius 3 is 3.05 bits per heavy atom. The fraction of sp³-hybridized carbons (Fsp3) is 0.538. The summed E-state index contributed by atoms with van der Waals surface area (Å²) in [6.45, 7) is 7.50. The van der Waals surface area contributed by atoms with Crippen molar-refractivity contribution >= 4 is 34.9 Å². The van der Waals surface area contributed by atoms with Crippen molar-refractivity contribution < 1.29 is 4.74 Å². The molecule has 0 bridgehead atoms. The molecule has 1 aliphatic rings. The lowest BCUT2D eigenvalue weighted by Gasteiger charge is -2.26. The number of thiocarbonyl (C=S) groups is 1. The molecule has 1 saturated heterocycles. The van der Waals surface area contributed by atoms with Crippen molar-refractivity contribution in [3.8, 4) is 0 Å². The Labute approximate surface area is 129 Å². The summed E-state index contributed by atoms with van der Waals surface area (Å²) in [7, 11) is 0. The molecule has 2 heterocycles. The van der Waals surface area contributed by atoms with Crippen LogP contribution in [0.1, 0.15) is 10.4 Å². The Bertz CT molecular complexity index is 455. The molecule has 0 unspecified atom stereocenters. The molecule has 0 spiro atoms. The van der Waals surface area contributed by atoms with Gasteiger partial charge in [-0.15, -0.1) is 11.3 Å². The van der Waals surface area contributed by atoms with E-state index < -0.39 is 0 Å². The predicted octanol–water partition coefficient (Wildman–Crippen LogP) is 1.19. The van der Waals surface area contributed by atoms with Crippen LogP contribution in [0.4, 0.5) is 0 Å². The molecule has 0 amide bonds. The molecule has 110 valence electrons. The van der Waals surface area contributed by atoms with E-state index >= 15 is 0 Å². The Balaban J connectivity index is 1.60. The summed E-state index contributed by atoms with van der Waals surface area (Å²) in [6, 6.07) is 2.07. The van der Waals surface area contributed by atoms with Gasteiger partial charge in [0.15, 0.2) is 5.11 Å². The molecule has 1 aromatic heterocycles. The van der Waals surface area contributed by atoms with Crippen LogP contribution in [0, 0.1) is 6.92 Å². The summed E-state index contributed by atoms with van der Waals surface area (Å²) in [5, 5.41) is 9.90. The van der Waals surface area contributed by atoms with E-state index in [1.54, 1.807) is 17.6 Å². The zero-order valence-corrected chi connectivity index (χ0v) is 13.2. The van der Waals surface area contributed by atoms with Crippen LogP contribution >= 0.6 is 23.6 Å².